The Balaban J connectivity index is 2.07. The fourth-order valence-corrected chi connectivity index (χ4v) is 3.63. The van der Waals surface area contributed by atoms with Gasteiger partial charge in [0.05, 0.1) is 10.7 Å². The van der Waals surface area contributed by atoms with Gasteiger partial charge in [-0.05, 0) is 23.8 Å². The van der Waals surface area contributed by atoms with Crippen molar-refractivity contribution in [2.75, 3.05) is 12.9 Å². The van der Waals surface area contributed by atoms with Crippen LogP contribution in [0.2, 0.25) is 15.1 Å². The monoisotopic (exact) mass is 373 g/mol. The zero-order valence-electron chi connectivity index (χ0n) is 11.9. The predicted octanol–water partition coefficient (Wildman–Crippen LogP) is 5.93. The van der Waals surface area contributed by atoms with Crippen LogP contribution in [0.3, 0.4) is 0 Å². The molecule has 2 aromatic carbocycles. The zero-order valence-corrected chi connectivity index (χ0v) is 14.9. The second kappa shape index (κ2) is 8.68. The smallest absolute Gasteiger partial charge is 0.106 e. The first-order valence-electron chi connectivity index (χ1n) is 6.48. The average molecular weight is 375 g/mol. The molecule has 22 heavy (non-hydrogen) atoms. The maximum absolute atomic E-state index is 6.23. The predicted molar refractivity (Wildman–Crippen MR) is 97.6 cm³/mol. The molecule has 0 aliphatic heterocycles. The van der Waals surface area contributed by atoms with E-state index in [9.17, 15) is 0 Å². The molecule has 0 amide bonds. The van der Waals surface area contributed by atoms with Crippen LogP contribution in [0.25, 0.3) is 0 Å². The third-order valence-corrected chi connectivity index (χ3v) is 4.81. The highest BCUT2D eigenvalue weighted by atomic mass is 35.5. The van der Waals surface area contributed by atoms with E-state index in [-0.39, 0.29) is 0 Å². The molecule has 0 aromatic heterocycles. The van der Waals surface area contributed by atoms with Gasteiger partial charge >= 0.3 is 0 Å². The lowest BCUT2D eigenvalue weighted by molar-refractivity contribution is 0.213. The van der Waals surface area contributed by atoms with Crippen LogP contribution in [0, 0.1) is 0 Å². The highest BCUT2D eigenvalue weighted by molar-refractivity contribution is 7.99. The molecule has 0 unspecified atom stereocenters. The number of benzene rings is 2. The van der Waals surface area contributed by atoms with Crippen molar-refractivity contribution in [1.29, 1.82) is 0 Å². The molecule has 0 bridgehead atoms. The fraction of sp³-hybridized carbons (Fsp3) is 0.188. The first-order chi connectivity index (χ1) is 10.6. The molecule has 0 saturated carbocycles. The van der Waals surface area contributed by atoms with Crippen LogP contribution in [0.1, 0.15) is 11.1 Å². The molecule has 0 heterocycles. The van der Waals surface area contributed by atoms with Gasteiger partial charge < -0.3 is 4.84 Å². The van der Waals surface area contributed by atoms with Gasteiger partial charge in [0.15, 0.2) is 0 Å². The minimum absolute atomic E-state index is 0.557. The van der Waals surface area contributed by atoms with Crippen LogP contribution >= 0.6 is 46.6 Å². The van der Waals surface area contributed by atoms with E-state index in [1.165, 1.54) is 7.11 Å². The van der Waals surface area contributed by atoms with Gasteiger partial charge in [-0.1, -0.05) is 64.2 Å². The topological polar surface area (TPSA) is 21.6 Å². The van der Waals surface area contributed by atoms with E-state index in [4.69, 9.17) is 39.6 Å². The van der Waals surface area contributed by atoms with Crippen molar-refractivity contribution in [2.45, 2.75) is 5.75 Å². The van der Waals surface area contributed by atoms with E-state index < -0.39 is 0 Å². The number of thioether (sulfide) groups is 1. The summed E-state index contributed by atoms with van der Waals surface area (Å²) in [5.41, 5.74) is 2.67. The molecule has 0 N–H and O–H groups in total. The number of hydrogen-bond donors (Lipinski definition) is 0. The number of rotatable bonds is 6. The largest absolute Gasteiger partial charge is 0.399 e. The molecule has 0 radical (unpaired) electrons. The molecule has 0 aliphatic rings. The first-order valence-corrected chi connectivity index (χ1v) is 8.77. The van der Waals surface area contributed by atoms with Gasteiger partial charge in [0.25, 0.3) is 0 Å². The maximum atomic E-state index is 6.23. The van der Waals surface area contributed by atoms with Gasteiger partial charge in [0, 0.05) is 27.1 Å². The van der Waals surface area contributed by atoms with Gasteiger partial charge in [0.1, 0.15) is 7.11 Å². The van der Waals surface area contributed by atoms with E-state index >= 15 is 0 Å². The Kier molecular flexibility index (Phi) is 6.90. The summed E-state index contributed by atoms with van der Waals surface area (Å²) in [6.45, 7) is 0. The molecular weight excluding hydrogens is 361 g/mol. The molecule has 2 rings (SSSR count). The SMILES string of the molecule is CON=C(CSCc1ccccc1Cl)c1ccc(Cl)cc1Cl. The summed E-state index contributed by atoms with van der Waals surface area (Å²) >= 11 is 20.0. The number of halogens is 3. The Labute approximate surface area is 149 Å². The molecule has 2 aromatic rings. The number of hydrogen-bond acceptors (Lipinski definition) is 3. The second-order valence-electron chi connectivity index (χ2n) is 4.43. The molecule has 0 atom stereocenters. The Bertz CT molecular complexity index is 676. The van der Waals surface area contributed by atoms with E-state index in [2.05, 4.69) is 5.16 Å². The summed E-state index contributed by atoms with van der Waals surface area (Å²) in [6, 6.07) is 13.1. The molecule has 116 valence electrons. The van der Waals surface area contributed by atoms with E-state index in [1.54, 1.807) is 23.9 Å². The van der Waals surface area contributed by atoms with Crippen molar-refractivity contribution in [3.8, 4) is 0 Å². The maximum Gasteiger partial charge on any atom is 0.106 e. The Morgan fingerprint density at radius 2 is 1.86 bits per heavy atom. The minimum atomic E-state index is 0.557. The summed E-state index contributed by atoms with van der Waals surface area (Å²) in [6.07, 6.45) is 0. The van der Waals surface area contributed by atoms with Gasteiger partial charge in [-0.15, -0.1) is 0 Å². The molecule has 0 aliphatic carbocycles. The molecule has 2 nitrogen and oxygen atoms in total. The quantitative estimate of drug-likeness (QED) is 0.461. The van der Waals surface area contributed by atoms with E-state index in [0.717, 1.165) is 27.6 Å². The number of oxime groups is 1. The second-order valence-corrected chi connectivity index (χ2v) is 6.67. The summed E-state index contributed by atoms with van der Waals surface area (Å²) in [7, 11) is 1.52. The van der Waals surface area contributed by atoms with Crippen LogP contribution in [0.5, 0.6) is 0 Å². The van der Waals surface area contributed by atoms with Gasteiger partial charge in [-0.25, -0.2) is 0 Å². The van der Waals surface area contributed by atoms with Crippen molar-refractivity contribution in [2.24, 2.45) is 5.16 Å². The lowest BCUT2D eigenvalue weighted by Crippen LogP contribution is -2.06. The van der Waals surface area contributed by atoms with Crippen LogP contribution in [-0.2, 0) is 10.6 Å². The fourth-order valence-electron chi connectivity index (χ4n) is 1.86. The van der Waals surface area contributed by atoms with Gasteiger partial charge in [0.2, 0.25) is 0 Å². The lowest BCUT2D eigenvalue weighted by atomic mass is 10.1. The Hall–Kier alpha value is -0.870. The zero-order chi connectivity index (χ0) is 15.9. The van der Waals surface area contributed by atoms with Crippen molar-refractivity contribution in [1.82, 2.24) is 0 Å². The molecule has 0 spiro atoms. The molecular formula is C16H14Cl3NOS. The highest BCUT2D eigenvalue weighted by Gasteiger charge is 2.11. The van der Waals surface area contributed by atoms with Crippen molar-refractivity contribution in [3.63, 3.8) is 0 Å². The Morgan fingerprint density at radius 3 is 2.55 bits per heavy atom. The molecule has 6 heteroatoms. The highest BCUT2D eigenvalue weighted by Crippen LogP contribution is 2.25. The van der Waals surface area contributed by atoms with Crippen LogP contribution in [0.4, 0.5) is 0 Å². The third-order valence-electron chi connectivity index (χ3n) is 2.90. The van der Waals surface area contributed by atoms with Crippen LogP contribution in [0.15, 0.2) is 47.6 Å². The van der Waals surface area contributed by atoms with Crippen molar-refractivity contribution >= 4 is 52.3 Å². The van der Waals surface area contributed by atoms with Crippen molar-refractivity contribution < 1.29 is 4.84 Å². The summed E-state index contributed by atoms with van der Waals surface area (Å²) in [4.78, 5) is 4.93. The van der Waals surface area contributed by atoms with E-state index in [1.807, 2.05) is 30.3 Å². The normalized spacial score (nSPS) is 11.5. The lowest BCUT2D eigenvalue weighted by Gasteiger charge is -2.09. The number of nitrogens with zero attached hydrogens (tertiary/aromatic N) is 1. The standard InChI is InChI=1S/C16H14Cl3NOS/c1-21-20-16(13-7-6-12(17)8-15(13)19)10-22-9-11-4-2-3-5-14(11)18/h2-8H,9-10H2,1H3. The minimum Gasteiger partial charge on any atom is -0.399 e. The van der Waals surface area contributed by atoms with Crippen LogP contribution in [-0.4, -0.2) is 18.6 Å². The summed E-state index contributed by atoms with van der Waals surface area (Å²) in [5.74, 6) is 1.44. The van der Waals surface area contributed by atoms with Crippen LogP contribution < -0.4 is 0 Å². The summed E-state index contributed by atoms with van der Waals surface area (Å²) < 4.78 is 0. The van der Waals surface area contributed by atoms with Gasteiger partial charge in [-0.3, -0.25) is 0 Å². The summed E-state index contributed by atoms with van der Waals surface area (Å²) in [5, 5.41) is 5.99. The molecule has 0 saturated heterocycles. The Morgan fingerprint density at radius 1 is 1.09 bits per heavy atom. The average Bonchev–Trinajstić information content (AvgIpc) is 2.48. The first kappa shape index (κ1) is 17.5. The molecule has 0 fully saturated rings. The van der Waals surface area contributed by atoms with E-state index in [0.29, 0.717) is 15.8 Å². The third kappa shape index (κ3) is 4.82. The van der Waals surface area contributed by atoms with Gasteiger partial charge in [-0.2, -0.15) is 11.8 Å². The van der Waals surface area contributed by atoms with Crippen molar-refractivity contribution in [3.05, 3.63) is 68.7 Å².